The van der Waals surface area contributed by atoms with Gasteiger partial charge in [0.25, 0.3) is 5.91 Å². The molecular weight excluding hydrogens is 232 g/mol. The molecule has 100 valence electrons. The maximum atomic E-state index is 12.0. The third-order valence-corrected chi connectivity index (χ3v) is 2.84. The lowest BCUT2D eigenvalue weighted by molar-refractivity contribution is 0.0883. The molecule has 5 heteroatoms. The Balaban J connectivity index is 2.86. The number of aromatic nitrogens is 1. The number of rotatable bonds is 4. The van der Waals surface area contributed by atoms with Crippen LogP contribution in [0.15, 0.2) is 23.3 Å². The number of aliphatic hydroxyl groups excluding tert-OH is 1. The zero-order valence-corrected chi connectivity index (χ0v) is 11.0. The van der Waals surface area contributed by atoms with Crippen LogP contribution in [-0.4, -0.2) is 28.6 Å². The molecule has 0 aliphatic carbocycles. The van der Waals surface area contributed by atoms with Gasteiger partial charge in [0.2, 0.25) is 0 Å². The minimum absolute atomic E-state index is 0.00658. The summed E-state index contributed by atoms with van der Waals surface area (Å²) in [6.45, 7) is 5.92. The summed E-state index contributed by atoms with van der Waals surface area (Å²) in [7, 11) is 0. The number of pyridine rings is 1. The lowest BCUT2D eigenvalue weighted by Crippen LogP contribution is -2.45. The second-order valence-corrected chi connectivity index (χ2v) is 5.33. The highest BCUT2D eigenvalue weighted by molar-refractivity contribution is 5.93. The van der Waals surface area contributed by atoms with Crippen molar-refractivity contribution in [2.45, 2.75) is 33.2 Å². The molecule has 1 unspecified atom stereocenters. The average molecular weight is 252 g/mol. The molecule has 1 rings (SSSR count). The first-order valence-electron chi connectivity index (χ1n) is 5.95. The Morgan fingerprint density at radius 2 is 2.17 bits per heavy atom. The van der Waals surface area contributed by atoms with E-state index >= 15 is 0 Å². The molecule has 0 radical (unpaired) electrons. The van der Waals surface area contributed by atoms with Crippen LogP contribution in [0.25, 0.3) is 0 Å². The second-order valence-electron chi connectivity index (χ2n) is 5.33. The van der Waals surface area contributed by atoms with E-state index in [0.29, 0.717) is 6.42 Å². The Kier molecular flexibility index (Phi) is 4.67. The monoisotopic (exact) mass is 252 g/mol. The van der Waals surface area contributed by atoms with E-state index in [9.17, 15) is 9.59 Å². The fraction of sp³-hybridized carbons (Fsp3) is 0.538. The van der Waals surface area contributed by atoms with Gasteiger partial charge in [-0.25, -0.2) is 0 Å². The summed E-state index contributed by atoms with van der Waals surface area (Å²) in [5, 5.41) is 11.8. The van der Waals surface area contributed by atoms with Crippen molar-refractivity contribution >= 4 is 5.91 Å². The number of hydrogen-bond acceptors (Lipinski definition) is 3. The van der Waals surface area contributed by atoms with Crippen molar-refractivity contribution < 1.29 is 9.90 Å². The number of carbonyl (C=O) groups excluding carboxylic acids is 1. The summed E-state index contributed by atoms with van der Waals surface area (Å²) in [5.41, 5.74) is -0.410. The number of carbonyl (C=O) groups is 1. The molecule has 0 bridgehead atoms. The predicted molar refractivity (Wildman–Crippen MR) is 69.5 cm³/mol. The minimum Gasteiger partial charge on any atom is -0.396 e. The van der Waals surface area contributed by atoms with E-state index in [1.807, 2.05) is 20.8 Å². The van der Waals surface area contributed by atoms with Gasteiger partial charge >= 0.3 is 0 Å². The molecule has 1 aromatic heterocycles. The summed E-state index contributed by atoms with van der Waals surface area (Å²) < 4.78 is 0. The number of nitrogens with one attached hydrogen (secondary N) is 2. The van der Waals surface area contributed by atoms with E-state index in [1.54, 1.807) is 0 Å². The van der Waals surface area contributed by atoms with Gasteiger partial charge in [0.1, 0.15) is 5.56 Å². The number of amides is 1. The van der Waals surface area contributed by atoms with Gasteiger partial charge in [-0.05, 0) is 11.8 Å². The van der Waals surface area contributed by atoms with Gasteiger partial charge < -0.3 is 15.4 Å². The van der Waals surface area contributed by atoms with Crippen LogP contribution in [0, 0.1) is 5.41 Å². The van der Waals surface area contributed by atoms with E-state index in [4.69, 9.17) is 5.11 Å². The van der Waals surface area contributed by atoms with Crippen LogP contribution < -0.4 is 10.7 Å². The quantitative estimate of drug-likeness (QED) is 0.744. The van der Waals surface area contributed by atoms with Crippen LogP contribution in [0.2, 0.25) is 0 Å². The van der Waals surface area contributed by atoms with E-state index < -0.39 is 5.91 Å². The highest BCUT2D eigenvalue weighted by atomic mass is 16.3. The maximum absolute atomic E-state index is 12.0. The topological polar surface area (TPSA) is 82.2 Å². The molecular formula is C13H20N2O3. The van der Waals surface area contributed by atoms with Gasteiger partial charge in [-0.3, -0.25) is 9.59 Å². The fourth-order valence-corrected chi connectivity index (χ4v) is 1.68. The van der Waals surface area contributed by atoms with E-state index in [-0.39, 0.29) is 29.1 Å². The van der Waals surface area contributed by atoms with Crippen LogP contribution in [0.4, 0.5) is 0 Å². The van der Waals surface area contributed by atoms with Gasteiger partial charge in [0.05, 0.1) is 0 Å². The summed E-state index contributed by atoms with van der Waals surface area (Å²) in [5.74, 6) is -0.412. The van der Waals surface area contributed by atoms with Crippen LogP contribution in [0.5, 0.6) is 0 Å². The molecule has 1 heterocycles. The van der Waals surface area contributed by atoms with E-state index in [1.165, 1.54) is 18.5 Å². The molecule has 5 nitrogen and oxygen atoms in total. The van der Waals surface area contributed by atoms with Crippen molar-refractivity contribution in [3.8, 4) is 0 Å². The van der Waals surface area contributed by atoms with Crippen molar-refractivity contribution in [2.75, 3.05) is 6.61 Å². The number of H-pyrrole nitrogens is 1. The molecule has 0 saturated heterocycles. The molecule has 0 aliphatic rings. The predicted octanol–water partition coefficient (Wildman–Crippen LogP) is 0.902. The molecule has 1 amide bonds. The van der Waals surface area contributed by atoms with Crippen molar-refractivity contribution in [3.63, 3.8) is 0 Å². The first-order valence-corrected chi connectivity index (χ1v) is 5.95. The standard InChI is InChI=1S/C13H20N2O3/c1-13(2,3)11(5-7-16)15-12(18)9-8-14-6-4-10(9)17/h4,6,8,11,16H,5,7H2,1-3H3,(H,14,17)(H,15,18). The third-order valence-electron chi connectivity index (χ3n) is 2.84. The van der Waals surface area contributed by atoms with Crippen molar-refractivity contribution in [1.29, 1.82) is 0 Å². The molecule has 1 aromatic rings. The zero-order valence-electron chi connectivity index (χ0n) is 11.0. The first kappa shape index (κ1) is 14.4. The molecule has 0 aromatic carbocycles. The Labute approximate surface area is 106 Å². The summed E-state index contributed by atoms with van der Waals surface area (Å²) in [4.78, 5) is 26.2. The van der Waals surface area contributed by atoms with Gasteiger partial charge in [-0.2, -0.15) is 0 Å². The molecule has 0 fully saturated rings. The number of aliphatic hydroxyl groups is 1. The average Bonchev–Trinajstić information content (AvgIpc) is 2.27. The van der Waals surface area contributed by atoms with Crippen molar-refractivity contribution in [3.05, 3.63) is 34.2 Å². The molecule has 0 saturated carbocycles. The SMILES string of the molecule is CC(C)(C)C(CCO)NC(=O)c1c[nH]ccc1=O. The highest BCUT2D eigenvalue weighted by Gasteiger charge is 2.26. The molecule has 0 aliphatic heterocycles. The van der Waals surface area contributed by atoms with Crippen LogP contribution in [0.3, 0.4) is 0 Å². The lowest BCUT2D eigenvalue weighted by Gasteiger charge is -2.31. The van der Waals surface area contributed by atoms with Gasteiger partial charge in [0.15, 0.2) is 5.43 Å². The maximum Gasteiger partial charge on any atom is 0.256 e. The second kappa shape index (κ2) is 5.82. The summed E-state index contributed by atoms with van der Waals surface area (Å²) in [6, 6.07) is 1.13. The highest BCUT2D eigenvalue weighted by Crippen LogP contribution is 2.21. The third kappa shape index (κ3) is 3.70. The molecule has 1 atom stereocenters. The first-order chi connectivity index (χ1) is 8.36. The normalized spacial score (nSPS) is 13.1. The van der Waals surface area contributed by atoms with Crippen LogP contribution >= 0.6 is 0 Å². The van der Waals surface area contributed by atoms with Crippen LogP contribution in [-0.2, 0) is 0 Å². The molecule has 18 heavy (non-hydrogen) atoms. The van der Waals surface area contributed by atoms with E-state index in [0.717, 1.165) is 0 Å². The Morgan fingerprint density at radius 3 is 2.67 bits per heavy atom. The largest absolute Gasteiger partial charge is 0.396 e. The van der Waals surface area contributed by atoms with Crippen LogP contribution in [0.1, 0.15) is 37.6 Å². The smallest absolute Gasteiger partial charge is 0.256 e. The Hall–Kier alpha value is -1.62. The van der Waals surface area contributed by atoms with Crippen molar-refractivity contribution in [1.82, 2.24) is 10.3 Å². The van der Waals surface area contributed by atoms with Gasteiger partial charge in [-0.1, -0.05) is 20.8 Å². The zero-order chi connectivity index (χ0) is 13.8. The summed E-state index contributed by atoms with van der Waals surface area (Å²) in [6.07, 6.45) is 3.32. The van der Waals surface area contributed by atoms with Gasteiger partial charge in [0, 0.05) is 31.1 Å². The number of aromatic amines is 1. The van der Waals surface area contributed by atoms with E-state index in [2.05, 4.69) is 10.3 Å². The molecule has 3 N–H and O–H groups in total. The Morgan fingerprint density at radius 1 is 1.50 bits per heavy atom. The lowest BCUT2D eigenvalue weighted by atomic mass is 9.85. The molecule has 0 spiro atoms. The van der Waals surface area contributed by atoms with Crippen molar-refractivity contribution in [2.24, 2.45) is 5.41 Å². The number of hydrogen-bond donors (Lipinski definition) is 3. The fourth-order valence-electron chi connectivity index (χ4n) is 1.68. The Bertz CT molecular complexity index is 460. The van der Waals surface area contributed by atoms with Gasteiger partial charge in [-0.15, -0.1) is 0 Å². The summed E-state index contributed by atoms with van der Waals surface area (Å²) >= 11 is 0. The minimum atomic E-state index is -0.412.